The van der Waals surface area contributed by atoms with Crippen molar-refractivity contribution in [1.82, 2.24) is 4.98 Å². The Balaban J connectivity index is 3.28. The van der Waals surface area contributed by atoms with Crippen LogP contribution >= 0.6 is 0 Å². The van der Waals surface area contributed by atoms with Crippen molar-refractivity contribution >= 4 is 0 Å². The van der Waals surface area contributed by atoms with Crippen LogP contribution in [0.5, 0.6) is 0 Å². The summed E-state index contributed by atoms with van der Waals surface area (Å²) >= 11 is 0. The van der Waals surface area contributed by atoms with Gasteiger partial charge in [0.1, 0.15) is 0 Å². The molecule has 0 aliphatic carbocycles. The van der Waals surface area contributed by atoms with E-state index in [2.05, 4.69) is 4.98 Å². The summed E-state index contributed by atoms with van der Waals surface area (Å²) in [5.74, 6) is 0.353. The summed E-state index contributed by atoms with van der Waals surface area (Å²) in [6.07, 6.45) is 1.66. The summed E-state index contributed by atoms with van der Waals surface area (Å²) in [5, 5.41) is 0. The van der Waals surface area contributed by atoms with Gasteiger partial charge in [-0.2, -0.15) is 0 Å². The van der Waals surface area contributed by atoms with Crippen LogP contribution in [0.4, 0.5) is 0 Å². The van der Waals surface area contributed by atoms with E-state index in [0.717, 1.165) is 5.56 Å². The average molecular weight is 166 g/mol. The maximum absolute atomic E-state index is 11.2. The number of aromatic nitrogens is 1. The number of hydrogen-bond acceptors (Lipinski definition) is 2. The van der Waals surface area contributed by atoms with Gasteiger partial charge in [0.05, 0.1) is 0 Å². The molecule has 66 valence electrons. The van der Waals surface area contributed by atoms with Gasteiger partial charge in [-0.3, -0.25) is 4.79 Å². The number of pyridine rings is 1. The Hall–Kier alpha value is -1.09. The molecule has 0 unspecified atom stereocenters. The smallest absolute Gasteiger partial charge is 0.252 e. The molecule has 1 aromatic rings. The van der Waals surface area contributed by atoms with E-state index in [0.29, 0.717) is 18.0 Å². The quantitative estimate of drug-likeness (QED) is 0.687. The molecular weight excluding hydrogens is 152 g/mol. The van der Waals surface area contributed by atoms with E-state index in [1.54, 1.807) is 6.20 Å². The van der Waals surface area contributed by atoms with Gasteiger partial charge in [0, 0.05) is 18.3 Å². The van der Waals surface area contributed by atoms with Crippen LogP contribution in [0.3, 0.4) is 0 Å². The average Bonchev–Trinajstić information content (AvgIpc) is 2.03. The number of rotatable bonds is 2. The van der Waals surface area contributed by atoms with Crippen LogP contribution in [-0.4, -0.2) is 4.98 Å². The van der Waals surface area contributed by atoms with Crippen LogP contribution < -0.4 is 11.3 Å². The second-order valence-electron chi connectivity index (χ2n) is 3.10. The van der Waals surface area contributed by atoms with Crippen molar-refractivity contribution in [3.8, 4) is 0 Å². The third-order valence-corrected chi connectivity index (χ3v) is 1.93. The molecule has 0 amide bonds. The molecule has 1 aromatic heterocycles. The van der Waals surface area contributed by atoms with Crippen LogP contribution in [0.15, 0.2) is 17.1 Å². The lowest BCUT2D eigenvalue weighted by Gasteiger charge is -2.08. The summed E-state index contributed by atoms with van der Waals surface area (Å²) in [6.45, 7) is 4.41. The molecule has 3 nitrogen and oxygen atoms in total. The second kappa shape index (κ2) is 3.54. The van der Waals surface area contributed by atoms with Gasteiger partial charge >= 0.3 is 0 Å². The first-order valence-electron chi connectivity index (χ1n) is 4.07. The van der Waals surface area contributed by atoms with Crippen LogP contribution in [0, 0.1) is 0 Å². The number of hydrogen-bond donors (Lipinski definition) is 2. The Morgan fingerprint density at radius 2 is 2.25 bits per heavy atom. The molecule has 12 heavy (non-hydrogen) atoms. The van der Waals surface area contributed by atoms with Gasteiger partial charge in [-0.1, -0.05) is 13.8 Å². The van der Waals surface area contributed by atoms with Crippen LogP contribution in [0.25, 0.3) is 0 Å². The summed E-state index contributed by atoms with van der Waals surface area (Å²) < 4.78 is 0. The van der Waals surface area contributed by atoms with Gasteiger partial charge in [-0.05, 0) is 17.5 Å². The van der Waals surface area contributed by atoms with Gasteiger partial charge in [-0.25, -0.2) is 0 Å². The highest BCUT2D eigenvalue weighted by molar-refractivity contribution is 5.25. The van der Waals surface area contributed by atoms with Crippen molar-refractivity contribution in [2.75, 3.05) is 0 Å². The summed E-state index contributed by atoms with van der Waals surface area (Å²) in [6, 6.07) is 1.91. The fourth-order valence-electron chi connectivity index (χ4n) is 1.28. The molecule has 1 heterocycles. The van der Waals surface area contributed by atoms with E-state index in [1.807, 2.05) is 19.9 Å². The minimum Gasteiger partial charge on any atom is -0.329 e. The fourth-order valence-corrected chi connectivity index (χ4v) is 1.28. The summed E-state index contributed by atoms with van der Waals surface area (Å²) in [4.78, 5) is 13.9. The van der Waals surface area contributed by atoms with E-state index in [4.69, 9.17) is 5.73 Å². The standard InChI is InChI=1S/C9H14N2O/c1-6(2)7-3-4-11-9(12)8(7)5-10/h3-4,6H,5,10H2,1-2H3,(H,11,12). The highest BCUT2D eigenvalue weighted by Gasteiger charge is 2.07. The molecule has 0 spiro atoms. The third kappa shape index (κ3) is 1.56. The van der Waals surface area contributed by atoms with Crippen LogP contribution in [-0.2, 0) is 6.54 Å². The van der Waals surface area contributed by atoms with E-state index in [1.165, 1.54) is 0 Å². The predicted molar refractivity (Wildman–Crippen MR) is 49.0 cm³/mol. The normalized spacial score (nSPS) is 10.7. The first-order valence-corrected chi connectivity index (χ1v) is 4.07. The molecular formula is C9H14N2O. The topological polar surface area (TPSA) is 58.9 Å². The molecule has 3 heteroatoms. The molecule has 0 saturated heterocycles. The lowest BCUT2D eigenvalue weighted by atomic mass is 9.99. The summed E-state index contributed by atoms with van der Waals surface area (Å²) in [5.41, 5.74) is 7.15. The van der Waals surface area contributed by atoms with E-state index in [9.17, 15) is 4.79 Å². The van der Waals surface area contributed by atoms with Gasteiger partial charge < -0.3 is 10.7 Å². The van der Waals surface area contributed by atoms with Crippen molar-refractivity contribution < 1.29 is 0 Å². The van der Waals surface area contributed by atoms with Crippen LogP contribution in [0.1, 0.15) is 30.9 Å². The van der Waals surface area contributed by atoms with Crippen molar-refractivity contribution in [2.45, 2.75) is 26.3 Å². The minimum absolute atomic E-state index is 0.0660. The van der Waals surface area contributed by atoms with E-state index >= 15 is 0 Å². The number of aromatic amines is 1. The first kappa shape index (κ1) is 9.00. The molecule has 0 fully saturated rings. The Labute approximate surface area is 71.6 Å². The Kier molecular flexibility index (Phi) is 2.65. The SMILES string of the molecule is CC(C)c1cc[nH]c(=O)c1CN. The van der Waals surface area contributed by atoms with Gasteiger partial charge in [0.2, 0.25) is 0 Å². The minimum atomic E-state index is -0.0660. The predicted octanol–water partition coefficient (Wildman–Crippen LogP) is 0.957. The monoisotopic (exact) mass is 166 g/mol. The van der Waals surface area contributed by atoms with Crippen LogP contribution in [0.2, 0.25) is 0 Å². The lowest BCUT2D eigenvalue weighted by molar-refractivity contribution is 0.826. The Morgan fingerprint density at radius 3 is 2.67 bits per heavy atom. The molecule has 0 radical (unpaired) electrons. The lowest BCUT2D eigenvalue weighted by Crippen LogP contribution is -2.18. The highest BCUT2D eigenvalue weighted by Crippen LogP contribution is 2.14. The number of H-pyrrole nitrogens is 1. The van der Waals surface area contributed by atoms with Gasteiger partial charge in [-0.15, -0.1) is 0 Å². The first-order chi connectivity index (χ1) is 5.66. The molecule has 0 atom stereocenters. The maximum atomic E-state index is 11.2. The molecule has 1 rings (SSSR count). The van der Waals surface area contributed by atoms with E-state index < -0.39 is 0 Å². The van der Waals surface area contributed by atoms with Crippen molar-refractivity contribution in [3.63, 3.8) is 0 Å². The third-order valence-electron chi connectivity index (χ3n) is 1.93. The van der Waals surface area contributed by atoms with Crippen molar-refractivity contribution in [1.29, 1.82) is 0 Å². The highest BCUT2D eigenvalue weighted by atomic mass is 16.1. The largest absolute Gasteiger partial charge is 0.329 e. The molecule has 0 aliphatic heterocycles. The van der Waals surface area contributed by atoms with Gasteiger partial charge in [0.25, 0.3) is 5.56 Å². The molecule has 0 aliphatic rings. The maximum Gasteiger partial charge on any atom is 0.252 e. The summed E-state index contributed by atoms with van der Waals surface area (Å²) in [7, 11) is 0. The Bertz CT molecular complexity index is 315. The molecule has 3 N–H and O–H groups in total. The van der Waals surface area contributed by atoms with Gasteiger partial charge in [0.15, 0.2) is 0 Å². The van der Waals surface area contributed by atoms with Crippen molar-refractivity contribution in [2.24, 2.45) is 5.73 Å². The van der Waals surface area contributed by atoms with E-state index in [-0.39, 0.29) is 5.56 Å². The fraction of sp³-hybridized carbons (Fsp3) is 0.444. The molecule has 0 saturated carbocycles. The molecule has 0 bridgehead atoms. The number of nitrogens with one attached hydrogen (secondary N) is 1. The Morgan fingerprint density at radius 1 is 1.58 bits per heavy atom. The second-order valence-corrected chi connectivity index (χ2v) is 3.10. The zero-order chi connectivity index (χ0) is 9.14. The van der Waals surface area contributed by atoms with Crippen molar-refractivity contribution in [3.05, 3.63) is 33.7 Å². The zero-order valence-corrected chi connectivity index (χ0v) is 7.42. The molecule has 0 aromatic carbocycles. The number of nitrogens with two attached hydrogens (primary N) is 1. The zero-order valence-electron chi connectivity index (χ0n) is 7.42.